The van der Waals surface area contributed by atoms with Crippen molar-refractivity contribution in [3.63, 3.8) is 0 Å². The summed E-state index contributed by atoms with van der Waals surface area (Å²) in [7, 11) is 0. The number of morpholine rings is 1. The number of hydrogen-bond acceptors (Lipinski definition) is 3. The van der Waals surface area contributed by atoms with Crippen molar-refractivity contribution in [2.24, 2.45) is 10.7 Å². The Hall–Kier alpha value is -0.810. The predicted molar refractivity (Wildman–Crippen MR) is 59.8 cm³/mol. The number of aliphatic hydroxyl groups is 1. The summed E-state index contributed by atoms with van der Waals surface area (Å²) in [6.45, 7) is 7.23. The minimum atomic E-state index is -0.151. The molecule has 88 valence electrons. The van der Waals surface area contributed by atoms with Crippen LogP contribution < -0.4 is 5.73 Å². The highest BCUT2D eigenvalue weighted by atomic mass is 16.5. The summed E-state index contributed by atoms with van der Waals surface area (Å²) in [6.07, 6.45) is -0.151. The van der Waals surface area contributed by atoms with Gasteiger partial charge >= 0.3 is 0 Å². The van der Waals surface area contributed by atoms with Gasteiger partial charge in [-0.2, -0.15) is 0 Å². The van der Waals surface area contributed by atoms with Gasteiger partial charge < -0.3 is 20.5 Å². The summed E-state index contributed by atoms with van der Waals surface area (Å²) >= 11 is 0. The van der Waals surface area contributed by atoms with Crippen molar-refractivity contribution in [3.05, 3.63) is 0 Å². The Bertz CT molecular complexity index is 231. The van der Waals surface area contributed by atoms with Gasteiger partial charge in [0.25, 0.3) is 0 Å². The molecule has 5 nitrogen and oxygen atoms in total. The Labute approximate surface area is 90.9 Å². The van der Waals surface area contributed by atoms with E-state index in [0.29, 0.717) is 19.1 Å². The monoisotopic (exact) mass is 215 g/mol. The lowest BCUT2D eigenvalue weighted by molar-refractivity contribution is -0.0564. The van der Waals surface area contributed by atoms with E-state index < -0.39 is 0 Å². The van der Waals surface area contributed by atoms with Gasteiger partial charge in [-0.3, -0.25) is 4.99 Å². The summed E-state index contributed by atoms with van der Waals surface area (Å²) in [5.41, 5.74) is 5.90. The van der Waals surface area contributed by atoms with Crippen LogP contribution in [-0.2, 0) is 4.74 Å². The Balaban J connectivity index is 2.65. The molecular formula is C10H21N3O2. The standard InChI is InChI=1S/C10H21N3O2/c1-7(2)12-10(11)13-4-9(5-14)15-6-8(13)3/h7-9,14H,4-6H2,1-3H3,(H2,11,12). The number of nitrogens with zero attached hydrogens (tertiary/aromatic N) is 2. The van der Waals surface area contributed by atoms with Crippen molar-refractivity contribution in [1.29, 1.82) is 0 Å². The number of nitrogens with two attached hydrogens (primary N) is 1. The SMILES string of the molecule is CC(C)N=C(N)N1CC(CO)OCC1C. The molecule has 3 N–H and O–H groups in total. The summed E-state index contributed by atoms with van der Waals surface area (Å²) in [6, 6.07) is 0.405. The zero-order chi connectivity index (χ0) is 11.4. The number of guanidine groups is 1. The molecule has 0 aliphatic carbocycles. The minimum Gasteiger partial charge on any atom is -0.394 e. The van der Waals surface area contributed by atoms with Gasteiger partial charge in [0.1, 0.15) is 0 Å². The number of aliphatic hydroxyl groups excluding tert-OH is 1. The average Bonchev–Trinajstić information content (AvgIpc) is 2.17. The lowest BCUT2D eigenvalue weighted by Crippen LogP contribution is -2.54. The second-order valence-corrected chi connectivity index (χ2v) is 4.22. The van der Waals surface area contributed by atoms with Gasteiger partial charge in [0.05, 0.1) is 25.4 Å². The first-order chi connectivity index (χ1) is 7.04. The van der Waals surface area contributed by atoms with Crippen molar-refractivity contribution < 1.29 is 9.84 Å². The summed E-state index contributed by atoms with van der Waals surface area (Å²) in [5, 5.41) is 9.03. The molecule has 1 rings (SSSR count). The molecule has 2 atom stereocenters. The van der Waals surface area contributed by atoms with Crippen molar-refractivity contribution >= 4 is 5.96 Å². The molecule has 0 aromatic carbocycles. The number of hydrogen-bond donors (Lipinski definition) is 2. The molecule has 0 bridgehead atoms. The molecule has 1 saturated heterocycles. The third kappa shape index (κ3) is 3.35. The van der Waals surface area contributed by atoms with E-state index >= 15 is 0 Å². The largest absolute Gasteiger partial charge is 0.394 e. The minimum absolute atomic E-state index is 0.0260. The van der Waals surface area contributed by atoms with E-state index in [2.05, 4.69) is 4.99 Å². The van der Waals surface area contributed by atoms with Crippen LogP contribution in [0.25, 0.3) is 0 Å². The fraction of sp³-hybridized carbons (Fsp3) is 0.900. The molecule has 0 amide bonds. The first-order valence-corrected chi connectivity index (χ1v) is 5.37. The Morgan fingerprint density at radius 3 is 2.87 bits per heavy atom. The molecule has 1 fully saturated rings. The van der Waals surface area contributed by atoms with Gasteiger partial charge in [0, 0.05) is 12.6 Å². The van der Waals surface area contributed by atoms with Crippen LogP contribution in [0.5, 0.6) is 0 Å². The van der Waals surface area contributed by atoms with Crippen LogP contribution >= 0.6 is 0 Å². The number of rotatable bonds is 2. The third-order valence-corrected chi connectivity index (χ3v) is 2.39. The molecule has 1 aliphatic rings. The van der Waals surface area contributed by atoms with Gasteiger partial charge in [-0.15, -0.1) is 0 Å². The highest BCUT2D eigenvalue weighted by Crippen LogP contribution is 2.11. The van der Waals surface area contributed by atoms with Crippen molar-refractivity contribution in [2.75, 3.05) is 19.8 Å². The Kier molecular flexibility index (Phi) is 4.35. The predicted octanol–water partition coefficient (Wildman–Crippen LogP) is -0.209. The normalized spacial score (nSPS) is 28.6. The summed E-state index contributed by atoms with van der Waals surface area (Å²) < 4.78 is 5.42. The van der Waals surface area contributed by atoms with E-state index in [1.54, 1.807) is 0 Å². The quantitative estimate of drug-likeness (QED) is 0.494. The fourth-order valence-corrected chi connectivity index (χ4v) is 1.59. The van der Waals surface area contributed by atoms with Gasteiger partial charge in [-0.05, 0) is 20.8 Å². The topological polar surface area (TPSA) is 71.1 Å². The lowest BCUT2D eigenvalue weighted by atomic mass is 10.2. The van der Waals surface area contributed by atoms with Gasteiger partial charge in [0.2, 0.25) is 0 Å². The zero-order valence-corrected chi connectivity index (χ0v) is 9.68. The molecule has 0 saturated carbocycles. The maximum Gasteiger partial charge on any atom is 0.191 e. The molecule has 0 aromatic rings. The van der Waals surface area contributed by atoms with E-state index in [9.17, 15) is 0 Å². The van der Waals surface area contributed by atoms with E-state index in [1.807, 2.05) is 25.7 Å². The third-order valence-electron chi connectivity index (χ3n) is 2.39. The fourth-order valence-electron chi connectivity index (χ4n) is 1.59. The molecule has 0 aromatic heterocycles. The van der Waals surface area contributed by atoms with Gasteiger partial charge in [0.15, 0.2) is 5.96 Å². The van der Waals surface area contributed by atoms with Crippen LogP contribution in [0.3, 0.4) is 0 Å². The molecule has 5 heteroatoms. The van der Waals surface area contributed by atoms with Crippen molar-refractivity contribution in [3.8, 4) is 0 Å². The molecule has 15 heavy (non-hydrogen) atoms. The van der Waals surface area contributed by atoms with Crippen LogP contribution in [0.4, 0.5) is 0 Å². The maximum absolute atomic E-state index is 9.03. The number of aliphatic imine (C=N–C) groups is 1. The first kappa shape index (κ1) is 12.3. The Morgan fingerprint density at radius 2 is 2.33 bits per heavy atom. The van der Waals surface area contributed by atoms with E-state index in [4.69, 9.17) is 15.6 Å². The Morgan fingerprint density at radius 1 is 1.67 bits per heavy atom. The molecule has 0 radical (unpaired) electrons. The lowest BCUT2D eigenvalue weighted by Gasteiger charge is -2.38. The molecule has 2 unspecified atom stereocenters. The second kappa shape index (κ2) is 5.32. The molecule has 1 aliphatic heterocycles. The molecular weight excluding hydrogens is 194 g/mol. The average molecular weight is 215 g/mol. The second-order valence-electron chi connectivity index (χ2n) is 4.22. The van der Waals surface area contributed by atoms with Crippen LogP contribution in [-0.4, -0.2) is 53.9 Å². The van der Waals surface area contributed by atoms with Crippen LogP contribution in [0.15, 0.2) is 4.99 Å². The summed E-state index contributed by atoms with van der Waals surface area (Å²) in [5.74, 6) is 0.541. The highest BCUT2D eigenvalue weighted by molar-refractivity contribution is 5.78. The van der Waals surface area contributed by atoms with Crippen LogP contribution in [0.2, 0.25) is 0 Å². The highest BCUT2D eigenvalue weighted by Gasteiger charge is 2.26. The summed E-state index contributed by atoms with van der Waals surface area (Å²) in [4.78, 5) is 6.29. The van der Waals surface area contributed by atoms with Gasteiger partial charge in [-0.1, -0.05) is 0 Å². The molecule has 0 spiro atoms. The van der Waals surface area contributed by atoms with Crippen LogP contribution in [0, 0.1) is 0 Å². The molecule has 1 heterocycles. The first-order valence-electron chi connectivity index (χ1n) is 5.37. The van der Waals surface area contributed by atoms with Gasteiger partial charge in [-0.25, -0.2) is 0 Å². The van der Waals surface area contributed by atoms with Crippen molar-refractivity contribution in [1.82, 2.24) is 4.90 Å². The van der Waals surface area contributed by atoms with E-state index in [-0.39, 0.29) is 24.8 Å². The number of ether oxygens (including phenoxy) is 1. The maximum atomic E-state index is 9.03. The smallest absolute Gasteiger partial charge is 0.191 e. The van der Waals surface area contributed by atoms with E-state index in [1.165, 1.54) is 0 Å². The van der Waals surface area contributed by atoms with Crippen LogP contribution in [0.1, 0.15) is 20.8 Å². The zero-order valence-electron chi connectivity index (χ0n) is 9.68. The van der Waals surface area contributed by atoms with Crippen molar-refractivity contribution in [2.45, 2.75) is 39.0 Å². The van der Waals surface area contributed by atoms with E-state index in [0.717, 1.165) is 0 Å².